The molecule has 0 aliphatic rings. The van der Waals surface area contributed by atoms with Crippen molar-refractivity contribution in [2.75, 3.05) is 0 Å². The van der Waals surface area contributed by atoms with Crippen LogP contribution in [0, 0.1) is 5.92 Å². The van der Waals surface area contributed by atoms with Crippen LogP contribution in [0.4, 0.5) is 0 Å². The average Bonchev–Trinajstić information content (AvgIpc) is 2.30. The molecule has 0 unspecified atom stereocenters. The van der Waals surface area contributed by atoms with E-state index in [1.54, 1.807) is 0 Å². The van der Waals surface area contributed by atoms with Crippen LogP contribution in [-0.4, -0.2) is 11.2 Å². The summed E-state index contributed by atoms with van der Waals surface area (Å²) in [5, 5.41) is 9.93. The predicted molar refractivity (Wildman–Crippen MR) is 69.5 cm³/mol. The van der Waals surface area contributed by atoms with E-state index in [2.05, 4.69) is 38.1 Å². The Balaban J connectivity index is 2.20. The van der Waals surface area contributed by atoms with Crippen LogP contribution in [0.15, 0.2) is 30.3 Å². The summed E-state index contributed by atoms with van der Waals surface area (Å²) >= 11 is 0. The summed E-state index contributed by atoms with van der Waals surface area (Å²) in [6.45, 7) is 4.32. The molecule has 1 rings (SSSR count). The van der Waals surface area contributed by atoms with E-state index < -0.39 is 0 Å². The largest absolute Gasteiger partial charge is 0.393 e. The molecule has 1 aromatic carbocycles. The summed E-state index contributed by atoms with van der Waals surface area (Å²) in [6, 6.07) is 10.5. The van der Waals surface area contributed by atoms with E-state index >= 15 is 0 Å². The van der Waals surface area contributed by atoms with Crippen LogP contribution in [0.25, 0.3) is 0 Å². The number of aryl methyl sites for hydroxylation is 1. The van der Waals surface area contributed by atoms with Crippen molar-refractivity contribution in [3.05, 3.63) is 35.9 Å². The van der Waals surface area contributed by atoms with Crippen molar-refractivity contribution in [2.24, 2.45) is 5.92 Å². The zero-order chi connectivity index (χ0) is 11.8. The first-order valence-electron chi connectivity index (χ1n) is 6.46. The third kappa shape index (κ3) is 4.80. The Morgan fingerprint density at radius 1 is 1.12 bits per heavy atom. The van der Waals surface area contributed by atoms with Crippen molar-refractivity contribution in [3.63, 3.8) is 0 Å². The number of hydrogen-bond donors (Lipinski definition) is 1. The van der Waals surface area contributed by atoms with Gasteiger partial charge in [0.05, 0.1) is 6.10 Å². The molecule has 16 heavy (non-hydrogen) atoms. The Hall–Kier alpha value is -0.820. The summed E-state index contributed by atoms with van der Waals surface area (Å²) in [4.78, 5) is 0. The zero-order valence-corrected chi connectivity index (χ0v) is 10.5. The first-order chi connectivity index (χ1) is 7.74. The molecule has 0 radical (unpaired) electrons. The van der Waals surface area contributed by atoms with Gasteiger partial charge in [-0.3, -0.25) is 0 Å². The van der Waals surface area contributed by atoms with Gasteiger partial charge in [0, 0.05) is 0 Å². The molecule has 0 bridgehead atoms. The quantitative estimate of drug-likeness (QED) is 0.741. The zero-order valence-electron chi connectivity index (χ0n) is 10.5. The Labute approximate surface area is 99.5 Å². The minimum Gasteiger partial charge on any atom is -0.393 e. The van der Waals surface area contributed by atoms with E-state index in [0.29, 0.717) is 5.92 Å². The third-order valence-electron chi connectivity index (χ3n) is 3.21. The number of aliphatic hydroxyl groups excluding tert-OH is 1. The van der Waals surface area contributed by atoms with Crippen LogP contribution >= 0.6 is 0 Å². The normalized spacial score (nSPS) is 14.7. The topological polar surface area (TPSA) is 20.2 Å². The van der Waals surface area contributed by atoms with E-state index in [0.717, 1.165) is 32.1 Å². The molecular formula is C15H24O. The number of aliphatic hydroxyl groups is 1. The minimum atomic E-state index is -0.122. The molecule has 1 nitrogen and oxygen atoms in total. The van der Waals surface area contributed by atoms with Crippen molar-refractivity contribution in [1.82, 2.24) is 0 Å². The second-order valence-electron chi connectivity index (χ2n) is 4.71. The summed E-state index contributed by atoms with van der Waals surface area (Å²) in [5.41, 5.74) is 1.37. The fraction of sp³-hybridized carbons (Fsp3) is 0.600. The van der Waals surface area contributed by atoms with E-state index in [1.165, 1.54) is 5.56 Å². The standard InChI is InChI=1S/C15H24O/c1-3-8-13(2)15(16)12-7-11-14-9-5-4-6-10-14/h4-6,9-10,13,15-16H,3,7-8,11-12H2,1-2H3/t13-,15-/m0/s1. The van der Waals surface area contributed by atoms with Gasteiger partial charge in [-0.05, 0) is 37.2 Å². The maximum Gasteiger partial charge on any atom is 0.0565 e. The molecule has 0 aromatic heterocycles. The summed E-state index contributed by atoms with van der Waals surface area (Å²) in [7, 11) is 0. The molecular weight excluding hydrogens is 196 g/mol. The molecule has 0 saturated heterocycles. The van der Waals surface area contributed by atoms with Crippen molar-refractivity contribution in [2.45, 2.75) is 52.1 Å². The summed E-state index contributed by atoms with van der Waals surface area (Å²) < 4.78 is 0. The van der Waals surface area contributed by atoms with Crippen LogP contribution in [0.1, 0.15) is 45.1 Å². The average molecular weight is 220 g/mol. The van der Waals surface area contributed by atoms with Gasteiger partial charge in [-0.15, -0.1) is 0 Å². The molecule has 0 spiro atoms. The van der Waals surface area contributed by atoms with Crippen LogP contribution < -0.4 is 0 Å². The molecule has 0 saturated carbocycles. The molecule has 0 aliphatic carbocycles. The highest BCUT2D eigenvalue weighted by atomic mass is 16.3. The van der Waals surface area contributed by atoms with Crippen molar-refractivity contribution in [3.8, 4) is 0 Å². The second-order valence-corrected chi connectivity index (χ2v) is 4.71. The highest BCUT2D eigenvalue weighted by molar-refractivity contribution is 5.14. The summed E-state index contributed by atoms with van der Waals surface area (Å²) in [6.07, 6.45) is 5.26. The number of hydrogen-bond acceptors (Lipinski definition) is 1. The van der Waals surface area contributed by atoms with Gasteiger partial charge >= 0.3 is 0 Å². The Bertz CT molecular complexity index is 268. The van der Waals surface area contributed by atoms with E-state index in [9.17, 15) is 5.11 Å². The summed E-state index contributed by atoms with van der Waals surface area (Å²) in [5.74, 6) is 0.445. The lowest BCUT2D eigenvalue weighted by Gasteiger charge is -2.17. The molecule has 1 N–H and O–H groups in total. The molecule has 0 aliphatic heterocycles. The van der Waals surface area contributed by atoms with E-state index in [4.69, 9.17) is 0 Å². The second kappa shape index (κ2) is 7.45. The van der Waals surface area contributed by atoms with Crippen molar-refractivity contribution < 1.29 is 5.11 Å². The van der Waals surface area contributed by atoms with E-state index in [-0.39, 0.29) is 6.10 Å². The highest BCUT2D eigenvalue weighted by Crippen LogP contribution is 2.16. The minimum absolute atomic E-state index is 0.122. The van der Waals surface area contributed by atoms with Gasteiger partial charge in [-0.1, -0.05) is 50.6 Å². The fourth-order valence-corrected chi connectivity index (χ4v) is 2.09. The fourth-order valence-electron chi connectivity index (χ4n) is 2.09. The van der Waals surface area contributed by atoms with Gasteiger partial charge in [0.25, 0.3) is 0 Å². The lowest BCUT2D eigenvalue weighted by molar-refractivity contribution is 0.101. The van der Waals surface area contributed by atoms with Gasteiger partial charge in [0.2, 0.25) is 0 Å². The van der Waals surface area contributed by atoms with Crippen LogP contribution in [0.5, 0.6) is 0 Å². The molecule has 90 valence electrons. The van der Waals surface area contributed by atoms with Crippen molar-refractivity contribution in [1.29, 1.82) is 0 Å². The number of benzene rings is 1. The Morgan fingerprint density at radius 2 is 1.81 bits per heavy atom. The monoisotopic (exact) mass is 220 g/mol. The van der Waals surface area contributed by atoms with Crippen LogP contribution in [-0.2, 0) is 6.42 Å². The van der Waals surface area contributed by atoms with Gasteiger partial charge in [-0.25, -0.2) is 0 Å². The maximum absolute atomic E-state index is 9.93. The Kier molecular flexibility index (Phi) is 6.17. The Morgan fingerprint density at radius 3 is 2.44 bits per heavy atom. The molecule has 1 heteroatoms. The van der Waals surface area contributed by atoms with Crippen LogP contribution in [0.3, 0.4) is 0 Å². The lowest BCUT2D eigenvalue weighted by Crippen LogP contribution is -2.17. The third-order valence-corrected chi connectivity index (χ3v) is 3.21. The predicted octanol–water partition coefficient (Wildman–Crippen LogP) is 3.81. The molecule has 2 atom stereocenters. The first-order valence-corrected chi connectivity index (χ1v) is 6.46. The van der Waals surface area contributed by atoms with Crippen LogP contribution in [0.2, 0.25) is 0 Å². The number of rotatable bonds is 7. The smallest absolute Gasteiger partial charge is 0.0565 e. The van der Waals surface area contributed by atoms with E-state index in [1.807, 2.05) is 6.07 Å². The lowest BCUT2D eigenvalue weighted by atomic mass is 9.94. The molecule has 0 heterocycles. The molecule has 0 fully saturated rings. The van der Waals surface area contributed by atoms with Crippen molar-refractivity contribution >= 4 is 0 Å². The molecule has 0 amide bonds. The van der Waals surface area contributed by atoms with Gasteiger partial charge in [0.15, 0.2) is 0 Å². The highest BCUT2D eigenvalue weighted by Gasteiger charge is 2.12. The van der Waals surface area contributed by atoms with Gasteiger partial charge < -0.3 is 5.11 Å². The van der Waals surface area contributed by atoms with Gasteiger partial charge in [0.1, 0.15) is 0 Å². The molecule has 1 aromatic rings. The first kappa shape index (κ1) is 13.2. The maximum atomic E-state index is 9.93. The SMILES string of the molecule is CCC[C@H](C)[C@@H](O)CCCc1ccccc1. The van der Waals surface area contributed by atoms with Gasteiger partial charge in [-0.2, -0.15) is 0 Å².